The predicted octanol–water partition coefficient (Wildman–Crippen LogP) is 2.04. The summed E-state index contributed by atoms with van der Waals surface area (Å²) in [4.78, 5) is 0. The van der Waals surface area contributed by atoms with Crippen LogP contribution < -0.4 is 0 Å². The van der Waals surface area contributed by atoms with Crippen molar-refractivity contribution in [2.75, 3.05) is 12.3 Å². The van der Waals surface area contributed by atoms with Crippen molar-refractivity contribution in [2.45, 2.75) is 32.2 Å². The highest BCUT2D eigenvalue weighted by Gasteiger charge is 2.32. The van der Waals surface area contributed by atoms with E-state index in [0.29, 0.717) is 6.54 Å². The lowest BCUT2D eigenvalue weighted by molar-refractivity contribution is 0.386. The van der Waals surface area contributed by atoms with Gasteiger partial charge in [0.1, 0.15) is 0 Å². The van der Waals surface area contributed by atoms with Gasteiger partial charge in [-0.3, -0.25) is 0 Å². The first kappa shape index (κ1) is 12.6. The van der Waals surface area contributed by atoms with Crippen LogP contribution in [0.15, 0.2) is 30.3 Å². The van der Waals surface area contributed by atoms with E-state index in [1.165, 1.54) is 5.56 Å². The van der Waals surface area contributed by atoms with E-state index in [1.807, 2.05) is 18.2 Å². The molecule has 17 heavy (non-hydrogen) atoms. The Balaban J connectivity index is 2.11. The fourth-order valence-electron chi connectivity index (χ4n) is 2.43. The molecule has 0 aromatic heterocycles. The Morgan fingerprint density at radius 1 is 1.29 bits per heavy atom. The number of hydrogen-bond donors (Lipinski definition) is 0. The Bertz CT molecular complexity index is 456. The molecule has 1 aliphatic rings. The van der Waals surface area contributed by atoms with Crippen LogP contribution in [-0.2, 0) is 16.4 Å². The topological polar surface area (TPSA) is 37.4 Å². The molecule has 1 unspecified atom stereocenters. The van der Waals surface area contributed by atoms with Crippen molar-refractivity contribution in [2.24, 2.45) is 0 Å². The van der Waals surface area contributed by atoms with E-state index in [4.69, 9.17) is 0 Å². The second-order valence-electron chi connectivity index (χ2n) is 4.50. The summed E-state index contributed by atoms with van der Waals surface area (Å²) in [6, 6.07) is 10.3. The lowest BCUT2D eigenvalue weighted by Gasteiger charge is -2.23. The van der Waals surface area contributed by atoms with Crippen LogP contribution in [0.1, 0.15) is 25.3 Å². The van der Waals surface area contributed by atoms with Gasteiger partial charge in [0, 0.05) is 12.6 Å². The predicted molar refractivity (Wildman–Crippen MR) is 69.3 cm³/mol. The van der Waals surface area contributed by atoms with Crippen LogP contribution in [0.25, 0.3) is 0 Å². The molecule has 0 aliphatic carbocycles. The minimum Gasteiger partial charge on any atom is -0.212 e. The van der Waals surface area contributed by atoms with Crippen LogP contribution in [-0.4, -0.2) is 31.1 Å². The maximum absolute atomic E-state index is 11.9. The fourth-order valence-corrected chi connectivity index (χ4v) is 3.80. The number of hydrogen-bond acceptors (Lipinski definition) is 2. The van der Waals surface area contributed by atoms with Gasteiger partial charge in [0.15, 0.2) is 0 Å². The standard InChI is InChI=1S/C13H19NO2S/c1-2-17(15,16)14-10-6-9-13(14)11-12-7-4-3-5-8-12/h3-5,7-8,13H,2,6,9-11H2,1H3. The molecular formula is C13H19NO2S. The molecule has 1 aliphatic heterocycles. The Hall–Kier alpha value is -0.870. The van der Waals surface area contributed by atoms with Crippen molar-refractivity contribution >= 4 is 10.0 Å². The molecule has 1 aromatic rings. The van der Waals surface area contributed by atoms with Gasteiger partial charge in [-0.15, -0.1) is 0 Å². The molecule has 94 valence electrons. The largest absolute Gasteiger partial charge is 0.214 e. The summed E-state index contributed by atoms with van der Waals surface area (Å²) in [5.74, 6) is 0.207. The van der Waals surface area contributed by atoms with Gasteiger partial charge in [-0.25, -0.2) is 8.42 Å². The maximum Gasteiger partial charge on any atom is 0.214 e. The average molecular weight is 253 g/mol. The molecular weight excluding hydrogens is 234 g/mol. The Morgan fingerprint density at radius 2 is 2.00 bits per heavy atom. The van der Waals surface area contributed by atoms with Crippen LogP contribution in [0.5, 0.6) is 0 Å². The molecule has 1 aromatic carbocycles. The van der Waals surface area contributed by atoms with E-state index in [0.717, 1.165) is 19.3 Å². The SMILES string of the molecule is CCS(=O)(=O)N1CCCC1Cc1ccccc1. The van der Waals surface area contributed by atoms with Crippen LogP contribution in [0.3, 0.4) is 0 Å². The molecule has 0 N–H and O–H groups in total. The highest BCUT2D eigenvalue weighted by atomic mass is 32.2. The van der Waals surface area contributed by atoms with E-state index < -0.39 is 10.0 Å². The number of nitrogens with zero attached hydrogens (tertiary/aromatic N) is 1. The summed E-state index contributed by atoms with van der Waals surface area (Å²) in [7, 11) is -3.03. The van der Waals surface area contributed by atoms with Crippen molar-refractivity contribution in [3.05, 3.63) is 35.9 Å². The van der Waals surface area contributed by atoms with Crippen LogP contribution in [0.2, 0.25) is 0 Å². The third-order valence-corrected chi connectivity index (χ3v) is 5.28. The quantitative estimate of drug-likeness (QED) is 0.823. The van der Waals surface area contributed by atoms with Gasteiger partial charge in [-0.1, -0.05) is 30.3 Å². The summed E-state index contributed by atoms with van der Waals surface area (Å²) < 4.78 is 25.6. The van der Waals surface area contributed by atoms with Crippen molar-refractivity contribution in [1.82, 2.24) is 4.31 Å². The molecule has 1 atom stereocenters. The zero-order valence-corrected chi connectivity index (χ0v) is 11.0. The summed E-state index contributed by atoms with van der Waals surface area (Å²) in [6.07, 6.45) is 2.80. The number of rotatable bonds is 4. The van der Waals surface area contributed by atoms with Crippen LogP contribution >= 0.6 is 0 Å². The van der Waals surface area contributed by atoms with Crippen molar-refractivity contribution in [3.63, 3.8) is 0 Å². The highest BCUT2D eigenvalue weighted by Crippen LogP contribution is 2.24. The Labute approximate surface area is 104 Å². The zero-order valence-electron chi connectivity index (χ0n) is 10.2. The average Bonchev–Trinajstić information content (AvgIpc) is 2.79. The zero-order chi connectivity index (χ0) is 12.3. The minimum absolute atomic E-state index is 0.155. The first-order valence-corrected chi connectivity index (χ1v) is 7.78. The molecule has 2 rings (SSSR count). The van der Waals surface area contributed by atoms with Crippen molar-refractivity contribution in [1.29, 1.82) is 0 Å². The molecule has 3 nitrogen and oxygen atoms in total. The van der Waals surface area contributed by atoms with E-state index in [-0.39, 0.29) is 11.8 Å². The van der Waals surface area contributed by atoms with Crippen molar-refractivity contribution in [3.8, 4) is 0 Å². The van der Waals surface area contributed by atoms with Gasteiger partial charge in [0.25, 0.3) is 0 Å². The monoisotopic (exact) mass is 253 g/mol. The molecule has 0 amide bonds. The van der Waals surface area contributed by atoms with Gasteiger partial charge >= 0.3 is 0 Å². The maximum atomic E-state index is 11.9. The summed E-state index contributed by atoms with van der Waals surface area (Å²) in [5.41, 5.74) is 1.22. The van der Waals surface area contributed by atoms with Gasteiger partial charge in [-0.05, 0) is 31.7 Å². The second-order valence-corrected chi connectivity index (χ2v) is 6.71. The molecule has 0 bridgehead atoms. The second kappa shape index (κ2) is 5.19. The summed E-state index contributed by atoms with van der Waals surface area (Å²) in [6.45, 7) is 2.40. The first-order chi connectivity index (χ1) is 8.13. The van der Waals surface area contributed by atoms with Gasteiger partial charge in [0.2, 0.25) is 10.0 Å². The number of sulfonamides is 1. The van der Waals surface area contributed by atoms with Gasteiger partial charge in [-0.2, -0.15) is 4.31 Å². The molecule has 1 fully saturated rings. The van der Waals surface area contributed by atoms with Gasteiger partial charge in [0.05, 0.1) is 5.75 Å². The minimum atomic E-state index is -3.03. The van der Waals surface area contributed by atoms with E-state index in [1.54, 1.807) is 11.2 Å². The lowest BCUT2D eigenvalue weighted by atomic mass is 10.1. The molecule has 0 spiro atoms. The summed E-state index contributed by atoms with van der Waals surface area (Å²) in [5, 5.41) is 0. The van der Waals surface area contributed by atoms with E-state index in [9.17, 15) is 8.42 Å². The Kier molecular flexibility index (Phi) is 3.84. The van der Waals surface area contributed by atoms with Gasteiger partial charge < -0.3 is 0 Å². The third kappa shape index (κ3) is 2.87. The molecule has 1 saturated heterocycles. The van der Waals surface area contributed by atoms with Crippen LogP contribution in [0.4, 0.5) is 0 Å². The van der Waals surface area contributed by atoms with Crippen LogP contribution in [0, 0.1) is 0 Å². The Morgan fingerprint density at radius 3 is 2.65 bits per heavy atom. The van der Waals surface area contributed by atoms with E-state index in [2.05, 4.69) is 12.1 Å². The molecule has 0 saturated carbocycles. The van der Waals surface area contributed by atoms with Crippen molar-refractivity contribution < 1.29 is 8.42 Å². The molecule has 0 radical (unpaired) electrons. The smallest absolute Gasteiger partial charge is 0.212 e. The third-order valence-electron chi connectivity index (χ3n) is 3.36. The normalized spacial score (nSPS) is 21.8. The van der Waals surface area contributed by atoms with E-state index >= 15 is 0 Å². The summed E-state index contributed by atoms with van der Waals surface area (Å²) >= 11 is 0. The molecule has 4 heteroatoms. The molecule has 1 heterocycles. The first-order valence-electron chi connectivity index (χ1n) is 6.17. The number of benzene rings is 1. The lowest BCUT2D eigenvalue weighted by Crippen LogP contribution is -2.37. The fraction of sp³-hybridized carbons (Fsp3) is 0.538. The highest BCUT2D eigenvalue weighted by molar-refractivity contribution is 7.89.